The van der Waals surface area contributed by atoms with Crippen LogP contribution < -0.4 is 15.4 Å². The quantitative estimate of drug-likeness (QED) is 0.196. The van der Waals surface area contributed by atoms with E-state index in [1.54, 1.807) is 30.3 Å². The minimum Gasteiger partial charge on any atom is -0.463 e. The third-order valence-corrected chi connectivity index (χ3v) is 8.70. The molecule has 2 N–H and O–H groups in total. The molecule has 4 rings (SSSR count). The zero-order chi connectivity index (χ0) is 44.4. The van der Waals surface area contributed by atoms with Gasteiger partial charge in [-0.25, -0.2) is 4.79 Å². The first-order valence-corrected chi connectivity index (χ1v) is 18.5. The highest BCUT2D eigenvalue weighted by molar-refractivity contribution is 6.01. The maximum atomic E-state index is 14.4. The average Bonchev–Trinajstić information content (AvgIpc) is 3.13. The number of amides is 2. The van der Waals surface area contributed by atoms with Gasteiger partial charge in [0.2, 0.25) is 24.4 Å². The van der Waals surface area contributed by atoms with Crippen LogP contribution in [-0.2, 0) is 81.0 Å². The van der Waals surface area contributed by atoms with E-state index in [9.17, 15) is 43.2 Å². The molecule has 10 atom stereocenters. The van der Waals surface area contributed by atoms with Crippen LogP contribution in [0.4, 0.5) is 0 Å². The van der Waals surface area contributed by atoms with Crippen LogP contribution in [-0.4, -0.2) is 128 Å². The number of carbonyl (C=O) groups excluding carboxylic acids is 9. The molecular weight excluding hydrogens is 800 g/mol. The summed E-state index contributed by atoms with van der Waals surface area (Å²) in [5.74, 6) is -7.68. The Balaban J connectivity index is 1.85. The number of hydrogen-bond acceptors (Lipinski definition) is 19. The van der Waals surface area contributed by atoms with Gasteiger partial charge in [0.15, 0.2) is 24.4 Å². The van der Waals surface area contributed by atoms with E-state index in [4.69, 9.17) is 47.4 Å². The van der Waals surface area contributed by atoms with Gasteiger partial charge < -0.3 is 58.0 Å². The first-order chi connectivity index (χ1) is 28.2. The lowest BCUT2D eigenvalue weighted by molar-refractivity contribution is -0.264. The molecule has 2 fully saturated rings. The van der Waals surface area contributed by atoms with Crippen molar-refractivity contribution < 1.29 is 90.5 Å². The van der Waals surface area contributed by atoms with Crippen LogP contribution in [0, 0.1) is 0 Å². The van der Waals surface area contributed by atoms with Gasteiger partial charge in [-0.1, -0.05) is 30.3 Å². The molecule has 21 nitrogen and oxygen atoms in total. The van der Waals surface area contributed by atoms with E-state index in [1.165, 1.54) is 6.07 Å². The second-order valence-corrected chi connectivity index (χ2v) is 13.6. The van der Waals surface area contributed by atoms with Crippen molar-refractivity contribution in [2.45, 2.75) is 117 Å². The van der Waals surface area contributed by atoms with E-state index >= 15 is 0 Å². The molecule has 2 aromatic rings. The molecule has 326 valence electrons. The topological polar surface area (TPSA) is 270 Å². The van der Waals surface area contributed by atoms with Crippen LogP contribution in [0.15, 0.2) is 36.4 Å². The maximum Gasteiger partial charge on any atom is 0.344 e. The van der Waals surface area contributed by atoms with Crippen molar-refractivity contribution in [1.82, 2.24) is 10.6 Å². The van der Waals surface area contributed by atoms with E-state index in [0.717, 1.165) is 55.4 Å². The number of carbonyl (C=O) groups is 9. The lowest BCUT2D eigenvalue weighted by atomic mass is 9.95. The fourth-order valence-electron chi connectivity index (χ4n) is 6.60. The van der Waals surface area contributed by atoms with Crippen LogP contribution in [0.2, 0.25) is 0 Å². The summed E-state index contributed by atoms with van der Waals surface area (Å²) in [6, 6.07) is 6.47. The summed E-state index contributed by atoms with van der Waals surface area (Å²) in [5.41, 5.74) is -0.311. The monoisotopic (exact) mass is 846 g/mol. The number of benzene rings is 2. The van der Waals surface area contributed by atoms with Crippen LogP contribution in [0.1, 0.15) is 65.7 Å². The molecule has 21 heteroatoms. The average molecular weight is 847 g/mol. The molecule has 0 aromatic heterocycles. The fraction of sp³-hybridized carbons (Fsp3) is 0.513. The summed E-state index contributed by atoms with van der Waals surface area (Å²) in [5, 5.41) is 5.90. The van der Waals surface area contributed by atoms with Crippen molar-refractivity contribution in [3.63, 3.8) is 0 Å². The van der Waals surface area contributed by atoms with E-state index in [1.807, 2.05) is 0 Å². The zero-order valence-electron chi connectivity index (χ0n) is 33.9. The van der Waals surface area contributed by atoms with Crippen molar-refractivity contribution in [1.29, 1.82) is 0 Å². The first-order valence-electron chi connectivity index (χ1n) is 18.5. The molecule has 60 heavy (non-hydrogen) atoms. The highest BCUT2D eigenvalue weighted by Crippen LogP contribution is 2.36. The number of rotatable bonds is 14. The van der Waals surface area contributed by atoms with Gasteiger partial charge >= 0.3 is 41.8 Å². The molecule has 0 spiro atoms. The summed E-state index contributed by atoms with van der Waals surface area (Å²) in [6.07, 6.45) is -12.3. The fourth-order valence-corrected chi connectivity index (χ4v) is 6.60. The van der Waals surface area contributed by atoms with Gasteiger partial charge in [0.05, 0.1) is 0 Å². The van der Waals surface area contributed by atoms with Crippen molar-refractivity contribution in [2.75, 3.05) is 13.2 Å². The number of fused-ring (bicyclic) bond motifs is 1. The summed E-state index contributed by atoms with van der Waals surface area (Å²) in [4.78, 5) is 113. The molecule has 2 heterocycles. The predicted octanol–water partition coefficient (Wildman–Crippen LogP) is 0.688. The van der Waals surface area contributed by atoms with Gasteiger partial charge in [-0.15, -0.1) is 0 Å². The van der Waals surface area contributed by atoms with E-state index in [-0.39, 0.29) is 16.7 Å². The van der Waals surface area contributed by atoms with Gasteiger partial charge in [-0.05, 0) is 11.5 Å². The molecule has 2 aliphatic rings. The van der Waals surface area contributed by atoms with Crippen LogP contribution in [0.5, 0.6) is 5.75 Å². The predicted molar refractivity (Wildman–Crippen MR) is 198 cm³/mol. The van der Waals surface area contributed by atoms with Crippen LogP contribution >= 0.6 is 0 Å². The van der Waals surface area contributed by atoms with Gasteiger partial charge in [-0.3, -0.25) is 38.4 Å². The molecule has 0 saturated carbocycles. The molecular formula is C39H46N2O19. The maximum absolute atomic E-state index is 14.4. The summed E-state index contributed by atoms with van der Waals surface area (Å²) < 4.78 is 56.7. The Morgan fingerprint density at radius 3 is 1.40 bits per heavy atom. The molecule has 0 radical (unpaired) electrons. The van der Waals surface area contributed by atoms with E-state index < -0.39 is 128 Å². The third-order valence-electron chi connectivity index (χ3n) is 8.70. The van der Waals surface area contributed by atoms with Crippen molar-refractivity contribution >= 4 is 64.4 Å². The Bertz CT molecular complexity index is 1980. The molecule has 0 aliphatic carbocycles. The number of nitrogens with one attached hydrogen (secondary N) is 2. The second kappa shape index (κ2) is 20.6. The van der Waals surface area contributed by atoms with Crippen LogP contribution in [0.3, 0.4) is 0 Å². The Labute approximate surface area is 342 Å². The third kappa shape index (κ3) is 12.3. The second-order valence-electron chi connectivity index (χ2n) is 13.6. The standard InChI is InChI=1S/C39H46N2O19/c1-17(42)40-30-35(55-23(7)48)33(53-21(5)46)28(15-51-19(3)44)57-38(30)59-32-26-12-10-9-11-25(26)13-14-27(32)37(50)60-39-31(41-18(2)43)36(56-24(8)49)34(54-22(6)47)29(58-39)16-52-20(4)45/h9-14,28-31,33-36,38-39H,15-16H2,1-8H3,(H,40,42)(H,41,43)/t28-,29-,30-,31-,33+,34+,35-,36+,38-,39+/m0/s1. The molecule has 0 unspecified atom stereocenters. The first kappa shape index (κ1) is 46.3. The van der Waals surface area contributed by atoms with Crippen LogP contribution in [0.25, 0.3) is 10.8 Å². The van der Waals surface area contributed by atoms with Gasteiger partial charge in [0.1, 0.15) is 48.8 Å². The number of hydrogen-bond donors (Lipinski definition) is 2. The highest BCUT2D eigenvalue weighted by atomic mass is 16.7. The Morgan fingerprint density at radius 2 is 0.950 bits per heavy atom. The highest BCUT2D eigenvalue weighted by Gasteiger charge is 2.54. The lowest BCUT2D eigenvalue weighted by Crippen LogP contribution is -2.67. The lowest BCUT2D eigenvalue weighted by Gasteiger charge is -2.45. The van der Waals surface area contributed by atoms with E-state index in [2.05, 4.69) is 10.6 Å². The van der Waals surface area contributed by atoms with Gasteiger partial charge in [0.25, 0.3) is 0 Å². The summed E-state index contributed by atoms with van der Waals surface area (Å²) >= 11 is 0. The minimum absolute atomic E-state index is 0.227. The minimum atomic E-state index is -1.82. The summed E-state index contributed by atoms with van der Waals surface area (Å²) in [6.45, 7) is 7.61. The SMILES string of the molecule is CC(=O)N[C@@H]1[C@@H](OC(=O)c2ccc3ccccc3c2O[C@@H]2O[C@@H](COC(C)=O)[C@@H](OC(C)=O)[C@@H](OC(C)=O)[C@@H]2NC(C)=O)O[C@@H](COC(C)=O)[C@@H](OC(C)=O)[C@@H]1OC(C)=O. The molecule has 2 aromatic carbocycles. The van der Waals surface area contributed by atoms with Gasteiger partial charge in [0, 0.05) is 60.8 Å². The Hall–Kier alpha value is -6.35. The summed E-state index contributed by atoms with van der Waals surface area (Å²) in [7, 11) is 0. The Morgan fingerprint density at radius 1 is 0.517 bits per heavy atom. The largest absolute Gasteiger partial charge is 0.463 e. The zero-order valence-corrected chi connectivity index (χ0v) is 33.9. The normalized spacial score (nSPS) is 25.9. The van der Waals surface area contributed by atoms with Gasteiger partial charge in [-0.2, -0.15) is 0 Å². The van der Waals surface area contributed by atoms with Crippen molar-refractivity contribution in [3.05, 3.63) is 42.0 Å². The Kier molecular flexibility index (Phi) is 15.9. The molecule has 2 aliphatic heterocycles. The number of ether oxygens (including phenoxy) is 10. The molecule has 2 amide bonds. The smallest absolute Gasteiger partial charge is 0.344 e. The molecule has 2 saturated heterocycles. The van der Waals surface area contributed by atoms with Crippen molar-refractivity contribution in [2.24, 2.45) is 0 Å². The molecule has 0 bridgehead atoms. The van der Waals surface area contributed by atoms with E-state index in [0.29, 0.717) is 5.39 Å². The number of esters is 7. The van der Waals surface area contributed by atoms with Crippen molar-refractivity contribution in [3.8, 4) is 5.75 Å².